The van der Waals surface area contributed by atoms with Gasteiger partial charge in [-0.25, -0.2) is 4.98 Å². The summed E-state index contributed by atoms with van der Waals surface area (Å²) in [6.07, 6.45) is 8.19. The first-order valence-electron chi connectivity index (χ1n) is 25.8. The van der Waals surface area contributed by atoms with Crippen LogP contribution in [0.2, 0.25) is 0 Å². The minimum absolute atomic E-state index is 0.584. The fraction of sp³-hybridized carbons (Fsp3) is 0.361. The van der Waals surface area contributed by atoms with E-state index in [4.69, 9.17) is 23.7 Å². The van der Waals surface area contributed by atoms with Gasteiger partial charge in [0.05, 0.1) is 60.2 Å². The Bertz CT molecular complexity index is 2650. The van der Waals surface area contributed by atoms with E-state index in [1.54, 1.807) is 20.4 Å². The normalized spacial score (nSPS) is 13.7. The second-order valence-electron chi connectivity index (χ2n) is 19.1. The zero-order chi connectivity index (χ0) is 50.5. The molecule has 0 amide bonds. The van der Waals surface area contributed by atoms with Crippen molar-refractivity contribution in [2.45, 2.75) is 52.2 Å². The number of imidazole rings is 1. The molecule has 384 valence electrons. The lowest BCUT2D eigenvalue weighted by atomic mass is 10.1. The summed E-state index contributed by atoms with van der Waals surface area (Å²) in [5.74, 6) is 1.76. The molecule has 2 saturated heterocycles. The van der Waals surface area contributed by atoms with Crippen LogP contribution >= 0.6 is 0 Å². The SMILES string of the molecule is COc1cccc(CN(Cc2ccc(N3CCCC3)cc2)c2ccc(COCCOCCN3CCOCC3)cc2)c1.COc1cccc(CN(Cc2cccc(-n3ccnc3)c2)c2ccc(CN(C)C)cc2)c1. The summed E-state index contributed by atoms with van der Waals surface area (Å²) in [7, 11) is 7.62. The Morgan fingerprint density at radius 1 is 0.521 bits per heavy atom. The number of nitrogens with zero attached hydrogens (tertiary/aromatic N) is 7. The molecular weight excluding hydrogens is 911 g/mol. The summed E-state index contributed by atoms with van der Waals surface area (Å²) in [5, 5.41) is 0. The monoisotopic (exact) mass is 986 g/mol. The highest BCUT2D eigenvalue weighted by Gasteiger charge is 2.15. The predicted molar refractivity (Wildman–Crippen MR) is 295 cm³/mol. The lowest BCUT2D eigenvalue weighted by Gasteiger charge is -2.26. The number of benzene rings is 6. The summed E-state index contributed by atoms with van der Waals surface area (Å²) >= 11 is 0. The zero-order valence-electron chi connectivity index (χ0n) is 43.5. The van der Waals surface area contributed by atoms with E-state index in [2.05, 4.69) is 171 Å². The van der Waals surface area contributed by atoms with Gasteiger partial charge in [0.25, 0.3) is 0 Å². The molecule has 2 aliphatic heterocycles. The quantitative estimate of drug-likeness (QED) is 0.0543. The molecule has 9 rings (SSSR count). The van der Waals surface area contributed by atoms with E-state index < -0.39 is 0 Å². The van der Waals surface area contributed by atoms with Crippen LogP contribution in [0.25, 0.3) is 5.69 Å². The summed E-state index contributed by atoms with van der Waals surface area (Å²) in [4.78, 5) is 16.1. The van der Waals surface area contributed by atoms with E-state index in [1.807, 2.05) is 35.3 Å². The number of aromatic nitrogens is 2. The Labute approximate surface area is 434 Å². The molecule has 0 bridgehead atoms. The lowest BCUT2D eigenvalue weighted by molar-refractivity contribution is 0.00585. The number of methoxy groups -OCH3 is 2. The minimum atomic E-state index is 0.584. The van der Waals surface area contributed by atoms with E-state index >= 15 is 0 Å². The number of ether oxygens (including phenoxy) is 5. The van der Waals surface area contributed by atoms with Crippen molar-refractivity contribution in [3.8, 4) is 17.2 Å². The van der Waals surface area contributed by atoms with Crippen molar-refractivity contribution in [2.75, 3.05) is 109 Å². The van der Waals surface area contributed by atoms with E-state index in [1.165, 1.54) is 76.4 Å². The van der Waals surface area contributed by atoms with Crippen LogP contribution in [0.5, 0.6) is 11.5 Å². The van der Waals surface area contributed by atoms with Gasteiger partial charge in [-0.3, -0.25) is 4.90 Å². The first-order valence-corrected chi connectivity index (χ1v) is 25.8. The largest absolute Gasteiger partial charge is 0.497 e. The van der Waals surface area contributed by atoms with Gasteiger partial charge in [0.2, 0.25) is 0 Å². The molecule has 0 aliphatic carbocycles. The molecule has 0 unspecified atom stereocenters. The average Bonchev–Trinajstić information content (AvgIpc) is 4.19. The van der Waals surface area contributed by atoms with Gasteiger partial charge in [-0.1, -0.05) is 72.8 Å². The Balaban J connectivity index is 0.000000201. The van der Waals surface area contributed by atoms with Crippen molar-refractivity contribution < 1.29 is 23.7 Å². The highest BCUT2D eigenvalue weighted by Crippen LogP contribution is 2.27. The van der Waals surface area contributed by atoms with Crippen molar-refractivity contribution in [1.82, 2.24) is 19.4 Å². The molecule has 0 radical (unpaired) electrons. The molecule has 3 heterocycles. The van der Waals surface area contributed by atoms with E-state index in [0.29, 0.717) is 19.8 Å². The van der Waals surface area contributed by atoms with Gasteiger partial charge in [-0.05, 0) is 133 Å². The first-order chi connectivity index (χ1) is 35.9. The van der Waals surface area contributed by atoms with Gasteiger partial charge < -0.3 is 47.9 Å². The molecule has 6 aromatic carbocycles. The fourth-order valence-corrected chi connectivity index (χ4v) is 9.32. The van der Waals surface area contributed by atoms with Crippen molar-refractivity contribution >= 4 is 17.1 Å². The van der Waals surface area contributed by atoms with Gasteiger partial charge in [-0.15, -0.1) is 0 Å². The third kappa shape index (κ3) is 16.7. The highest BCUT2D eigenvalue weighted by atomic mass is 16.5. The minimum Gasteiger partial charge on any atom is -0.497 e. The third-order valence-corrected chi connectivity index (χ3v) is 13.3. The molecule has 12 heteroatoms. The van der Waals surface area contributed by atoms with Crippen molar-refractivity contribution in [3.63, 3.8) is 0 Å². The van der Waals surface area contributed by atoms with Crippen LogP contribution in [0.4, 0.5) is 17.1 Å². The smallest absolute Gasteiger partial charge is 0.119 e. The van der Waals surface area contributed by atoms with E-state index in [-0.39, 0.29) is 0 Å². The van der Waals surface area contributed by atoms with Crippen LogP contribution in [0, 0.1) is 0 Å². The molecule has 0 N–H and O–H groups in total. The molecule has 0 atom stereocenters. The molecule has 0 spiro atoms. The molecular formula is C61H75N7O5. The molecule has 12 nitrogen and oxygen atoms in total. The maximum atomic E-state index is 5.89. The molecule has 2 aliphatic rings. The second-order valence-corrected chi connectivity index (χ2v) is 19.1. The van der Waals surface area contributed by atoms with Crippen LogP contribution in [0.1, 0.15) is 46.2 Å². The summed E-state index contributed by atoms with van der Waals surface area (Å²) in [6.45, 7) is 13.6. The Hall–Kier alpha value is -6.67. The maximum absolute atomic E-state index is 5.89. The fourth-order valence-electron chi connectivity index (χ4n) is 9.32. The van der Waals surface area contributed by atoms with Crippen molar-refractivity contribution in [2.24, 2.45) is 0 Å². The number of morpholine rings is 1. The van der Waals surface area contributed by atoms with E-state index in [0.717, 1.165) is 89.4 Å². The van der Waals surface area contributed by atoms with Crippen LogP contribution in [0.3, 0.4) is 0 Å². The van der Waals surface area contributed by atoms with Gasteiger partial charge in [0, 0.05) is 101 Å². The van der Waals surface area contributed by atoms with Gasteiger partial charge in [0.1, 0.15) is 11.5 Å². The Morgan fingerprint density at radius 3 is 1.63 bits per heavy atom. The molecule has 7 aromatic rings. The molecule has 73 heavy (non-hydrogen) atoms. The van der Waals surface area contributed by atoms with Crippen LogP contribution in [-0.2, 0) is 53.5 Å². The topological polar surface area (TPSA) is 80.2 Å². The number of rotatable bonds is 24. The number of hydrogen-bond donors (Lipinski definition) is 0. The van der Waals surface area contributed by atoms with Crippen molar-refractivity contribution in [3.05, 3.63) is 198 Å². The molecule has 1 aromatic heterocycles. The summed E-state index contributed by atoms with van der Waals surface area (Å²) < 4.78 is 30.0. The summed E-state index contributed by atoms with van der Waals surface area (Å²) in [5.41, 5.74) is 12.3. The standard InChI is InChI=1S/C34H45N3O4.C27H30N4O/c1-38-34-6-4-5-31(25-34)27-37(26-29-7-11-32(12-8-29)36-15-2-3-16-36)33-13-9-30(10-14-33)28-41-24-23-40-22-19-35-17-20-39-21-18-35;1-29(2)18-22-10-12-25(13-11-22)31(20-24-7-5-9-27(17-24)32-3)19-23-6-4-8-26(16-23)30-15-14-28-21-30/h4-14,25H,2-3,15-24,26-28H2,1H3;4-17,21H,18-20H2,1-3H3. The summed E-state index contributed by atoms with van der Waals surface area (Å²) in [6, 6.07) is 52.0. The third-order valence-electron chi connectivity index (χ3n) is 13.3. The lowest BCUT2D eigenvalue weighted by Crippen LogP contribution is -2.38. The van der Waals surface area contributed by atoms with Crippen LogP contribution in [-0.4, -0.2) is 113 Å². The van der Waals surface area contributed by atoms with Gasteiger partial charge in [0.15, 0.2) is 0 Å². The highest BCUT2D eigenvalue weighted by molar-refractivity contribution is 5.53. The van der Waals surface area contributed by atoms with Gasteiger partial charge >= 0.3 is 0 Å². The van der Waals surface area contributed by atoms with Crippen LogP contribution < -0.4 is 24.2 Å². The Morgan fingerprint density at radius 2 is 1.05 bits per heavy atom. The van der Waals surface area contributed by atoms with Gasteiger partial charge in [-0.2, -0.15) is 0 Å². The number of anilines is 3. The molecule has 2 fully saturated rings. The predicted octanol–water partition coefficient (Wildman–Crippen LogP) is 10.5. The number of hydrogen-bond acceptors (Lipinski definition) is 11. The second kappa shape index (κ2) is 28.0. The van der Waals surface area contributed by atoms with E-state index in [9.17, 15) is 0 Å². The zero-order valence-corrected chi connectivity index (χ0v) is 43.5. The Kier molecular flexibility index (Phi) is 20.2. The average molecular weight is 986 g/mol. The first kappa shape index (κ1) is 52.6. The van der Waals surface area contributed by atoms with Crippen LogP contribution in [0.15, 0.2) is 164 Å². The molecule has 0 saturated carbocycles. The van der Waals surface area contributed by atoms with Crippen molar-refractivity contribution in [1.29, 1.82) is 0 Å². The maximum Gasteiger partial charge on any atom is 0.119 e.